The number of nitrogens with one attached hydrogen (secondary N) is 2. The van der Waals surface area contributed by atoms with Crippen molar-refractivity contribution in [1.29, 1.82) is 0 Å². The second-order valence-corrected chi connectivity index (χ2v) is 14.4. The molecule has 6 aliphatic rings. The van der Waals surface area contributed by atoms with Gasteiger partial charge in [-0.05, 0) is 56.6 Å². The Labute approximate surface area is 253 Å². The molecule has 7 rings (SSSR count). The highest BCUT2D eigenvalue weighted by Gasteiger charge is 2.90. The summed E-state index contributed by atoms with van der Waals surface area (Å²) in [7, 11) is 5.21. The van der Waals surface area contributed by atoms with E-state index in [0.717, 1.165) is 32.4 Å². The Morgan fingerprint density at radius 3 is 2.51 bits per heavy atom. The van der Waals surface area contributed by atoms with Gasteiger partial charge < -0.3 is 39.4 Å². The molecule has 5 saturated carbocycles. The molecule has 0 aromatic heterocycles. The quantitative estimate of drug-likeness (QED) is 0.327. The molecule has 10 heteroatoms. The summed E-state index contributed by atoms with van der Waals surface area (Å²) in [5.41, 5.74) is -2.77. The van der Waals surface area contributed by atoms with Gasteiger partial charge in [-0.25, -0.2) is 4.79 Å². The summed E-state index contributed by atoms with van der Waals surface area (Å²) in [6.45, 7) is 5.30. The summed E-state index contributed by atoms with van der Waals surface area (Å²) in [4.78, 5) is 26.6. The van der Waals surface area contributed by atoms with E-state index in [0.29, 0.717) is 24.1 Å². The molecule has 10 nitrogen and oxygen atoms in total. The van der Waals surface area contributed by atoms with Gasteiger partial charge in [-0.2, -0.15) is 0 Å². The van der Waals surface area contributed by atoms with Gasteiger partial charge >= 0.3 is 5.97 Å². The number of likely N-dealkylation sites (N-methyl/N-ethyl adjacent to an activating group) is 1. The summed E-state index contributed by atoms with van der Waals surface area (Å²) in [6, 6.07) is 6.71. The Hall–Kier alpha value is -2.08. The lowest BCUT2D eigenvalue weighted by Crippen LogP contribution is -3.23. The summed E-state index contributed by atoms with van der Waals surface area (Å²) >= 11 is 0. The first-order valence-corrected chi connectivity index (χ1v) is 16.0. The molecule has 1 heterocycles. The number of fused-ring (bicyclic) bond motifs is 2. The maximum absolute atomic E-state index is 13.6. The number of rotatable bonds is 8. The third-order valence-electron chi connectivity index (χ3n) is 13.2. The minimum Gasteiger partial charge on any atom is -0.461 e. The van der Waals surface area contributed by atoms with Gasteiger partial charge in [0.15, 0.2) is 0 Å². The minimum absolute atomic E-state index is 0.000681. The average Bonchev–Trinajstić information content (AvgIpc) is 3.42. The van der Waals surface area contributed by atoms with Crippen molar-refractivity contribution in [3.8, 4) is 0 Å². The van der Waals surface area contributed by atoms with Crippen LogP contribution in [0, 0.1) is 34.5 Å². The molecular weight excluding hydrogens is 552 g/mol. The van der Waals surface area contributed by atoms with Crippen LogP contribution in [0.25, 0.3) is 0 Å². The molecule has 13 unspecified atom stereocenters. The van der Waals surface area contributed by atoms with Crippen LogP contribution in [0.5, 0.6) is 0 Å². The Balaban J connectivity index is 1.32. The monoisotopic (exact) mass is 599 g/mol. The number of quaternary nitrogens is 1. The molecule has 1 aromatic carbocycles. The average molecular weight is 600 g/mol. The van der Waals surface area contributed by atoms with Crippen LogP contribution < -0.4 is 10.2 Å². The third-order valence-corrected chi connectivity index (χ3v) is 13.2. The van der Waals surface area contributed by atoms with Gasteiger partial charge in [0.25, 0.3) is 0 Å². The molecule has 13 atom stereocenters. The molecule has 1 amide bonds. The second kappa shape index (κ2) is 9.96. The fourth-order valence-corrected chi connectivity index (χ4v) is 12.1. The van der Waals surface area contributed by atoms with Crippen molar-refractivity contribution in [2.75, 3.05) is 46.3 Å². The smallest absolute Gasteiger partial charge is 0.340 e. The highest BCUT2D eigenvalue weighted by Crippen LogP contribution is 2.78. The van der Waals surface area contributed by atoms with Gasteiger partial charge in [0.1, 0.15) is 23.9 Å². The van der Waals surface area contributed by atoms with E-state index in [-0.39, 0.29) is 60.5 Å². The van der Waals surface area contributed by atoms with Crippen LogP contribution in [0.4, 0.5) is 5.69 Å². The molecule has 6 fully saturated rings. The number of hydrogen-bond acceptors (Lipinski definition) is 8. The standard InChI is InChI=1S/C33H46N2O8/c1-6-35-16-30(17-43-28(37)19-9-7-8-10-22(19)34-18(2)36)12-11-25(41-4)33-21-13-20-23(40-3)14-31(38,26(21)27(20)42-5)32(39,29(33)35)15-24(30)33/h7-10,20-21,23-27,29,38-39H,6,11-17H2,1-5H3,(H,34,36)/p+1. The summed E-state index contributed by atoms with van der Waals surface area (Å²) < 4.78 is 24.7. The van der Waals surface area contributed by atoms with Crippen LogP contribution in [-0.4, -0.2) is 98.7 Å². The molecule has 236 valence electrons. The van der Waals surface area contributed by atoms with Gasteiger partial charge in [0, 0.05) is 46.5 Å². The van der Waals surface area contributed by atoms with E-state index in [9.17, 15) is 19.8 Å². The minimum atomic E-state index is -1.36. The first-order valence-electron chi connectivity index (χ1n) is 16.0. The first kappa shape index (κ1) is 29.6. The molecule has 7 bridgehead atoms. The largest absolute Gasteiger partial charge is 0.461 e. The zero-order valence-corrected chi connectivity index (χ0v) is 25.9. The number of amides is 1. The molecule has 43 heavy (non-hydrogen) atoms. The van der Waals surface area contributed by atoms with Gasteiger partial charge in [0.05, 0.1) is 53.5 Å². The summed E-state index contributed by atoms with van der Waals surface area (Å²) in [5, 5.41) is 28.7. The van der Waals surface area contributed by atoms with Gasteiger partial charge in [-0.1, -0.05) is 12.1 Å². The second-order valence-electron chi connectivity index (χ2n) is 14.4. The number of aliphatic hydroxyl groups is 2. The SMILES string of the molecule is CC[NH+]1CC2(COC(=O)c3ccccc3NC(C)=O)CCC(OC)C34C5CC6C(OC)CC(O)(C5C6OC)C(O)(CC23)C14. The van der Waals surface area contributed by atoms with Crippen molar-refractivity contribution >= 4 is 17.6 Å². The predicted octanol–water partition coefficient (Wildman–Crippen LogP) is 1.05. The van der Waals surface area contributed by atoms with E-state index >= 15 is 0 Å². The fourth-order valence-electron chi connectivity index (χ4n) is 12.1. The molecule has 1 aromatic rings. The number of para-hydroxylation sites is 1. The molecule has 1 spiro atoms. The maximum Gasteiger partial charge on any atom is 0.340 e. The van der Waals surface area contributed by atoms with E-state index in [4.69, 9.17) is 18.9 Å². The van der Waals surface area contributed by atoms with Crippen LogP contribution >= 0.6 is 0 Å². The number of carbonyl (C=O) groups excluding carboxylic acids is 2. The first-order chi connectivity index (χ1) is 20.6. The van der Waals surface area contributed by atoms with E-state index in [2.05, 4.69) is 12.2 Å². The Morgan fingerprint density at radius 2 is 1.84 bits per heavy atom. The normalized spacial score (nSPS) is 48.6. The van der Waals surface area contributed by atoms with Crippen molar-refractivity contribution in [3.05, 3.63) is 29.8 Å². The van der Waals surface area contributed by atoms with Crippen LogP contribution in [0.1, 0.15) is 56.3 Å². The van der Waals surface area contributed by atoms with Crippen molar-refractivity contribution in [1.82, 2.24) is 0 Å². The fraction of sp³-hybridized carbons (Fsp3) is 0.758. The lowest BCUT2D eigenvalue weighted by Gasteiger charge is -2.68. The van der Waals surface area contributed by atoms with E-state index in [1.807, 2.05) is 0 Å². The number of carbonyl (C=O) groups is 2. The molecule has 1 saturated heterocycles. The maximum atomic E-state index is 13.6. The van der Waals surface area contributed by atoms with Crippen LogP contribution in [-0.2, 0) is 23.7 Å². The van der Waals surface area contributed by atoms with Crippen molar-refractivity contribution in [3.63, 3.8) is 0 Å². The van der Waals surface area contributed by atoms with E-state index < -0.39 is 28.0 Å². The van der Waals surface area contributed by atoms with Gasteiger partial charge in [0.2, 0.25) is 5.91 Å². The Kier molecular flexibility index (Phi) is 6.86. The van der Waals surface area contributed by atoms with E-state index in [1.165, 1.54) is 11.8 Å². The van der Waals surface area contributed by atoms with Crippen LogP contribution in [0.3, 0.4) is 0 Å². The lowest BCUT2D eigenvalue weighted by atomic mass is 9.42. The third kappa shape index (κ3) is 3.56. The Morgan fingerprint density at radius 1 is 1.07 bits per heavy atom. The van der Waals surface area contributed by atoms with Crippen LogP contribution in [0.15, 0.2) is 24.3 Å². The molecule has 1 aliphatic heterocycles. The number of hydrogen-bond donors (Lipinski definition) is 4. The summed E-state index contributed by atoms with van der Waals surface area (Å²) in [6.07, 6.45) is 2.79. The van der Waals surface area contributed by atoms with Gasteiger partial charge in [-0.15, -0.1) is 0 Å². The number of anilines is 1. The van der Waals surface area contributed by atoms with Crippen molar-refractivity contribution in [2.24, 2.45) is 34.5 Å². The zero-order chi connectivity index (χ0) is 30.5. The molecule has 5 aliphatic carbocycles. The molecular formula is C33H47N2O8+. The number of likely N-dealkylation sites (tertiary alicyclic amines) is 1. The topological polar surface area (TPSA) is 128 Å². The number of benzene rings is 1. The number of piperidine rings is 1. The number of ether oxygens (including phenoxy) is 4. The van der Waals surface area contributed by atoms with E-state index in [1.54, 1.807) is 45.6 Å². The lowest BCUT2D eigenvalue weighted by molar-refractivity contribution is -0.956. The van der Waals surface area contributed by atoms with Crippen LogP contribution in [0.2, 0.25) is 0 Å². The molecule has 0 radical (unpaired) electrons. The number of methoxy groups -OCH3 is 3. The highest BCUT2D eigenvalue weighted by atomic mass is 16.5. The van der Waals surface area contributed by atoms with Crippen molar-refractivity contribution in [2.45, 2.75) is 81.5 Å². The zero-order valence-electron chi connectivity index (χ0n) is 25.9. The molecule has 4 N–H and O–H groups in total. The van der Waals surface area contributed by atoms with Gasteiger partial charge in [-0.3, -0.25) is 4.79 Å². The number of esters is 1. The highest BCUT2D eigenvalue weighted by molar-refractivity contribution is 6.00. The van der Waals surface area contributed by atoms with Crippen molar-refractivity contribution < 1.29 is 43.6 Å². The predicted molar refractivity (Wildman–Crippen MR) is 155 cm³/mol. The Bertz CT molecular complexity index is 1310. The summed E-state index contributed by atoms with van der Waals surface area (Å²) in [5.74, 6) is -0.746.